The molecule has 4 heteroatoms. The van der Waals surface area contributed by atoms with Crippen LogP contribution < -0.4 is 0 Å². The van der Waals surface area contributed by atoms with Gasteiger partial charge < -0.3 is 9.47 Å². The van der Waals surface area contributed by atoms with Crippen molar-refractivity contribution in [2.45, 2.75) is 58.7 Å². The van der Waals surface area contributed by atoms with Crippen LogP contribution in [0.2, 0.25) is 0 Å². The van der Waals surface area contributed by atoms with Crippen LogP contribution in [-0.4, -0.2) is 30.5 Å². The molecule has 0 aliphatic rings. The summed E-state index contributed by atoms with van der Waals surface area (Å²) in [6.45, 7) is 6.81. The SMILES string of the molecule is CCCC(OCC)C(CCC)OC(=O)CS. The van der Waals surface area contributed by atoms with Crippen LogP contribution in [0.5, 0.6) is 0 Å². The molecule has 0 saturated carbocycles. The second-order valence-electron chi connectivity index (χ2n) is 3.76. The van der Waals surface area contributed by atoms with Gasteiger partial charge in [-0.25, -0.2) is 0 Å². The van der Waals surface area contributed by atoms with E-state index in [1.54, 1.807) is 0 Å². The zero-order valence-corrected chi connectivity index (χ0v) is 11.5. The van der Waals surface area contributed by atoms with Crippen molar-refractivity contribution in [2.75, 3.05) is 12.4 Å². The fourth-order valence-corrected chi connectivity index (χ4v) is 1.76. The molecule has 0 saturated heterocycles. The molecule has 0 aliphatic carbocycles. The molecule has 0 spiro atoms. The Morgan fingerprint density at radius 1 is 1.12 bits per heavy atom. The van der Waals surface area contributed by atoms with Crippen molar-refractivity contribution in [2.24, 2.45) is 0 Å². The molecule has 0 bridgehead atoms. The number of hydrogen-bond acceptors (Lipinski definition) is 4. The van der Waals surface area contributed by atoms with Gasteiger partial charge in [0.2, 0.25) is 0 Å². The molecule has 0 heterocycles. The second kappa shape index (κ2) is 9.97. The van der Waals surface area contributed by atoms with Gasteiger partial charge >= 0.3 is 5.97 Å². The molecule has 96 valence electrons. The molecule has 2 atom stereocenters. The molecule has 0 aliphatic heterocycles. The standard InChI is InChI=1S/C12H24O3S/c1-4-7-10(14-6-3)11(8-5-2)15-12(13)9-16/h10-11,16H,4-9H2,1-3H3. The molecule has 0 aromatic carbocycles. The highest BCUT2D eigenvalue weighted by Gasteiger charge is 2.23. The Bertz CT molecular complexity index is 179. The van der Waals surface area contributed by atoms with Crippen molar-refractivity contribution in [3.8, 4) is 0 Å². The Kier molecular flexibility index (Phi) is 9.83. The first kappa shape index (κ1) is 15.8. The van der Waals surface area contributed by atoms with Crippen LogP contribution in [-0.2, 0) is 14.3 Å². The Labute approximate surface area is 104 Å². The number of ether oxygens (including phenoxy) is 2. The molecule has 0 rings (SSSR count). The van der Waals surface area contributed by atoms with E-state index in [0.717, 1.165) is 25.7 Å². The van der Waals surface area contributed by atoms with Crippen molar-refractivity contribution >= 4 is 18.6 Å². The Hall–Kier alpha value is -0.220. The van der Waals surface area contributed by atoms with Gasteiger partial charge in [-0.15, -0.1) is 0 Å². The summed E-state index contributed by atoms with van der Waals surface area (Å²) in [4.78, 5) is 11.3. The average Bonchev–Trinajstić information content (AvgIpc) is 2.28. The van der Waals surface area contributed by atoms with E-state index in [4.69, 9.17) is 9.47 Å². The molecule has 0 aromatic rings. The van der Waals surface area contributed by atoms with Gasteiger partial charge in [0.25, 0.3) is 0 Å². The highest BCUT2D eigenvalue weighted by Crippen LogP contribution is 2.16. The first-order valence-corrected chi connectivity index (χ1v) is 6.74. The van der Waals surface area contributed by atoms with E-state index in [1.807, 2.05) is 6.92 Å². The van der Waals surface area contributed by atoms with Gasteiger partial charge in [0.15, 0.2) is 0 Å². The van der Waals surface area contributed by atoms with E-state index in [9.17, 15) is 4.79 Å². The van der Waals surface area contributed by atoms with Crippen LogP contribution in [0.1, 0.15) is 46.5 Å². The van der Waals surface area contributed by atoms with Gasteiger partial charge in [-0.05, 0) is 19.8 Å². The third kappa shape index (κ3) is 6.38. The van der Waals surface area contributed by atoms with Crippen LogP contribution in [0.25, 0.3) is 0 Å². The normalized spacial score (nSPS) is 14.5. The van der Waals surface area contributed by atoms with Crippen LogP contribution >= 0.6 is 12.6 Å². The van der Waals surface area contributed by atoms with Gasteiger partial charge in [0.05, 0.1) is 11.9 Å². The second-order valence-corrected chi connectivity index (χ2v) is 4.07. The summed E-state index contributed by atoms with van der Waals surface area (Å²) in [5.74, 6) is -0.131. The van der Waals surface area contributed by atoms with E-state index in [1.165, 1.54) is 0 Å². The van der Waals surface area contributed by atoms with E-state index in [-0.39, 0.29) is 23.9 Å². The lowest BCUT2D eigenvalue weighted by molar-refractivity contribution is -0.155. The minimum absolute atomic E-state index is 0.0267. The van der Waals surface area contributed by atoms with Crippen LogP contribution in [0.3, 0.4) is 0 Å². The summed E-state index contributed by atoms with van der Waals surface area (Å²) in [6, 6.07) is 0. The zero-order chi connectivity index (χ0) is 12.4. The van der Waals surface area contributed by atoms with Crippen molar-refractivity contribution in [1.82, 2.24) is 0 Å². The fourth-order valence-electron chi connectivity index (χ4n) is 1.69. The summed E-state index contributed by atoms with van der Waals surface area (Å²) in [6.07, 6.45) is 3.70. The minimum Gasteiger partial charge on any atom is -0.459 e. The number of carbonyl (C=O) groups excluding carboxylic acids is 1. The van der Waals surface area contributed by atoms with E-state index in [2.05, 4.69) is 26.5 Å². The van der Waals surface area contributed by atoms with Gasteiger partial charge in [-0.3, -0.25) is 4.79 Å². The smallest absolute Gasteiger partial charge is 0.315 e. The summed E-state index contributed by atoms with van der Waals surface area (Å²) in [5, 5.41) is 0. The minimum atomic E-state index is -0.261. The molecular formula is C12H24O3S. The molecule has 16 heavy (non-hydrogen) atoms. The van der Waals surface area contributed by atoms with Crippen molar-refractivity contribution in [3.63, 3.8) is 0 Å². The quantitative estimate of drug-likeness (QED) is 0.503. The molecule has 0 amide bonds. The lowest BCUT2D eigenvalue weighted by Gasteiger charge is -2.26. The predicted octanol–water partition coefficient (Wildman–Crippen LogP) is 2.83. The summed E-state index contributed by atoms with van der Waals surface area (Å²) in [5.41, 5.74) is 0. The fraction of sp³-hybridized carbons (Fsp3) is 0.917. The Morgan fingerprint density at radius 2 is 1.69 bits per heavy atom. The number of hydrogen-bond donors (Lipinski definition) is 1. The van der Waals surface area contributed by atoms with Crippen LogP contribution in [0.15, 0.2) is 0 Å². The zero-order valence-electron chi connectivity index (χ0n) is 10.6. The average molecular weight is 248 g/mol. The van der Waals surface area contributed by atoms with Crippen LogP contribution in [0, 0.1) is 0 Å². The summed E-state index contributed by atoms with van der Waals surface area (Å²) < 4.78 is 11.0. The van der Waals surface area contributed by atoms with Crippen molar-refractivity contribution in [1.29, 1.82) is 0 Å². The van der Waals surface area contributed by atoms with Gasteiger partial charge in [-0.2, -0.15) is 12.6 Å². The van der Waals surface area contributed by atoms with Gasteiger partial charge in [0, 0.05) is 6.61 Å². The number of rotatable bonds is 9. The molecule has 0 radical (unpaired) electrons. The van der Waals surface area contributed by atoms with E-state index >= 15 is 0 Å². The van der Waals surface area contributed by atoms with Crippen molar-refractivity contribution < 1.29 is 14.3 Å². The van der Waals surface area contributed by atoms with Crippen LogP contribution in [0.4, 0.5) is 0 Å². The highest BCUT2D eigenvalue weighted by molar-refractivity contribution is 7.81. The number of esters is 1. The van der Waals surface area contributed by atoms with E-state index in [0.29, 0.717) is 6.61 Å². The maximum atomic E-state index is 11.3. The molecule has 0 fully saturated rings. The third-order valence-electron chi connectivity index (χ3n) is 2.35. The number of carbonyl (C=O) groups is 1. The Balaban J connectivity index is 4.35. The molecular weight excluding hydrogens is 224 g/mol. The summed E-state index contributed by atoms with van der Waals surface area (Å²) >= 11 is 3.92. The first-order valence-electron chi connectivity index (χ1n) is 6.11. The third-order valence-corrected chi connectivity index (χ3v) is 2.61. The lowest BCUT2D eigenvalue weighted by Crippen LogP contribution is -2.34. The lowest BCUT2D eigenvalue weighted by atomic mass is 10.0. The number of thiol groups is 1. The molecule has 2 unspecified atom stereocenters. The highest BCUT2D eigenvalue weighted by atomic mass is 32.1. The molecule has 3 nitrogen and oxygen atoms in total. The topological polar surface area (TPSA) is 35.5 Å². The first-order chi connectivity index (χ1) is 7.69. The Morgan fingerprint density at radius 3 is 2.12 bits per heavy atom. The van der Waals surface area contributed by atoms with Gasteiger partial charge in [-0.1, -0.05) is 26.7 Å². The largest absolute Gasteiger partial charge is 0.459 e. The van der Waals surface area contributed by atoms with Crippen molar-refractivity contribution in [3.05, 3.63) is 0 Å². The monoisotopic (exact) mass is 248 g/mol. The predicted molar refractivity (Wildman–Crippen MR) is 69.0 cm³/mol. The maximum Gasteiger partial charge on any atom is 0.315 e. The molecule has 0 N–H and O–H groups in total. The maximum absolute atomic E-state index is 11.3. The van der Waals surface area contributed by atoms with E-state index < -0.39 is 0 Å². The van der Waals surface area contributed by atoms with Gasteiger partial charge in [0.1, 0.15) is 6.10 Å². The summed E-state index contributed by atoms with van der Waals surface area (Å²) in [7, 11) is 0. The molecule has 0 aromatic heterocycles.